The molecule has 1 amide bonds. The highest BCUT2D eigenvalue weighted by atomic mass is 79.9. The Morgan fingerprint density at radius 2 is 2.05 bits per heavy atom. The largest absolute Gasteiger partial charge is 0.321 e. The van der Waals surface area contributed by atoms with Crippen LogP contribution < -0.4 is 5.32 Å². The molecule has 0 fully saturated rings. The predicted molar refractivity (Wildman–Crippen MR) is 82.9 cm³/mol. The molecule has 0 heterocycles. The summed E-state index contributed by atoms with van der Waals surface area (Å²) in [7, 11) is 0. The van der Waals surface area contributed by atoms with Gasteiger partial charge in [0.05, 0.1) is 5.69 Å². The zero-order chi connectivity index (χ0) is 14.5. The first-order valence-electron chi connectivity index (χ1n) is 6.05. The van der Waals surface area contributed by atoms with Gasteiger partial charge in [-0.2, -0.15) is 0 Å². The van der Waals surface area contributed by atoms with Crippen molar-refractivity contribution in [3.63, 3.8) is 0 Å². The van der Waals surface area contributed by atoms with Gasteiger partial charge in [-0.3, -0.25) is 4.79 Å². The second-order valence-electron chi connectivity index (χ2n) is 4.36. The van der Waals surface area contributed by atoms with E-state index < -0.39 is 0 Å². The highest BCUT2D eigenvalue weighted by Crippen LogP contribution is 2.23. The van der Waals surface area contributed by atoms with Gasteiger partial charge >= 0.3 is 0 Å². The summed E-state index contributed by atoms with van der Waals surface area (Å²) in [6.07, 6.45) is 2.95. The normalized spacial score (nSPS) is 10.8. The van der Waals surface area contributed by atoms with E-state index >= 15 is 0 Å². The van der Waals surface area contributed by atoms with Gasteiger partial charge in [0, 0.05) is 10.5 Å². The van der Waals surface area contributed by atoms with Crippen molar-refractivity contribution >= 4 is 33.6 Å². The number of halogens is 2. The number of nitrogens with one attached hydrogen (secondary N) is 1. The second kappa shape index (κ2) is 6.48. The number of amides is 1. The Balaban J connectivity index is 2.05. The lowest BCUT2D eigenvalue weighted by atomic mass is 10.2. The van der Waals surface area contributed by atoms with Crippen molar-refractivity contribution in [1.82, 2.24) is 0 Å². The maximum atomic E-state index is 13.0. The summed E-state index contributed by atoms with van der Waals surface area (Å²) in [5.74, 6) is -0.590. The standard InChI is InChI=1S/C16H13BrFNO/c1-11-5-7-15(14(17)9-11)19-16(20)8-6-12-3-2-4-13(18)10-12/h2-10H,1H3,(H,19,20)/b8-6+. The lowest BCUT2D eigenvalue weighted by molar-refractivity contribution is -0.111. The summed E-state index contributed by atoms with van der Waals surface area (Å²) in [6.45, 7) is 1.97. The molecule has 2 nitrogen and oxygen atoms in total. The van der Waals surface area contributed by atoms with Crippen LogP contribution in [0.15, 0.2) is 53.0 Å². The number of benzene rings is 2. The second-order valence-corrected chi connectivity index (χ2v) is 5.22. The van der Waals surface area contributed by atoms with E-state index in [1.54, 1.807) is 18.2 Å². The first kappa shape index (κ1) is 14.5. The van der Waals surface area contributed by atoms with E-state index in [4.69, 9.17) is 0 Å². The van der Waals surface area contributed by atoms with Gasteiger partial charge < -0.3 is 5.32 Å². The molecule has 20 heavy (non-hydrogen) atoms. The molecule has 0 spiro atoms. The Labute approximate surface area is 125 Å². The molecule has 4 heteroatoms. The fraction of sp³-hybridized carbons (Fsp3) is 0.0625. The van der Waals surface area contributed by atoms with Crippen LogP contribution in [0.4, 0.5) is 10.1 Å². The van der Waals surface area contributed by atoms with Crippen LogP contribution >= 0.6 is 15.9 Å². The summed E-state index contributed by atoms with van der Waals surface area (Å²) in [5, 5.41) is 2.76. The van der Waals surface area contributed by atoms with Gasteiger partial charge in [0.15, 0.2) is 0 Å². The van der Waals surface area contributed by atoms with Crippen LogP contribution in [0, 0.1) is 12.7 Å². The molecule has 0 atom stereocenters. The molecule has 2 rings (SSSR count). The Bertz CT molecular complexity index is 667. The molecule has 0 aliphatic heterocycles. The quantitative estimate of drug-likeness (QED) is 0.820. The molecule has 0 aromatic heterocycles. The van der Waals surface area contributed by atoms with Crippen LogP contribution in [-0.2, 0) is 4.79 Å². The zero-order valence-electron chi connectivity index (χ0n) is 10.9. The summed E-state index contributed by atoms with van der Waals surface area (Å²) in [4.78, 5) is 11.8. The molecule has 2 aromatic carbocycles. The Morgan fingerprint density at radius 1 is 1.25 bits per heavy atom. The molecule has 0 unspecified atom stereocenters. The van der Waals surface area contributed by atoms with Crippen molar-refractivity contribution in [3.8, 4) is 0 Å². The average molecular weight is 334 g/mol. The minimum absolute atomic E-state index is 0.265. The zero-order valence-corrected chi connectivity index (χ0v) is 12.4. The van der Waals surface area contributed by atoms with Gasteiger partial charge in [-0.1, -0.05) is 18.2 Å². The molecule has 0 bridgehead atoms. The Hall–Kier alpha value is -1.94. The third kappa shape index (κ3) is 4.03. The first-order valence-corrected chi connectivity index (χ1v) is 6.85. The third-order valence-electron chi connectivity index (χ3n) is 2.66. The molecule has 0 radical (unpaired) electrons. The molecule has 0 aliphatic rings. The molecule has 0 aliphatic carbocycles. The van der Waals surface area contributed by atoms with Gasteiger partial charge in [0.1, 0.15) is 5.82 Å². The van der Waals surface area contributed by atoms with Gasteiger partial charge in [-0.05, 0) is 64.3 Å². The summed E-state index contributed by atoms with van der Waals surface area (Å²) in [6, 6.07) is 11.7. The number of hydrogen-bond donors (Lipinski definition) is 1. The fourth-order valence-electron chi connectivity index (χ4n) is 1.68. The monoisotopic (exact) mass is 333 g/mol. The van der Waals surface area contributed by atoms with Crippen LogP contribution in [0.25, 0.3) is 6.08 Å². The van der Waals surface area contributed by atoms with Crippen molar-refractivity contribution in [2.45, 2.75) is 6.92 Å². The minimum atomic E-state index is -0.325. The van der Waals surface area contributed by atoms with Crippen molar-refractivity contribution in [3.05, 3.63) is 70.0 Å². The average Bonchev–Trinajstić information content (AvgIpc) is 2.40. The van der Waals surface area contributed by atoms with E-state index in [0.717, 1.165) is 10.0 Å². The molecule has 0 saturated carbocycles. The topological polar surface area (TPSA) is 29.1 Å². The van der Waals surface area contributed by atoms with Crippen LogP contribution in [0.5, 0.6) is 0 Å². The van der Waals surface area contributed by atoms with Crippen LogP contribution in [-0.4, -0.2) is 5.91 Å². The lowest BCUT2D eigenvalue weighted by Gasteiger charge is -2.05. The molecule has 1 N–H and O–H groups in total. The summed E-state index contributed by atoms with van der Waals surface area (Å²) >= 11 is 3.39. The molecule has 2 aromatic rings. The maximum absolute atomic E-state index is 13.0. The molecular weight excluding hydrogens is 321 g/mol. The Kier molecular flexibility index (Phi) is 4.69. The highest BCUT2D eigenvalue weighted by molar-refractivity contribution is 9.10. The molecular formula is C16H13BrFNO. The van der Waals surface area contributed by atoms with Gasteiger partial charge in [-0.25, -0.2) is 4.39 Å². The lowest BCUT2D eigenvalue weighted by Crippen LogP contribution is -2.08. The van der Waals surface area contributed by atoms with E-state index in [-0.39, 0.29) is 11.7 Å². The van der Waals surface area contributed by atoms with Crippen molar-refractivity contribution < 1.29 is 9.18 Å². The molecule has 0 saturated heterocycles. The molecule has 102 valence electrons. The summed E-state index contributed by atoms with van der Waals surface area (Å²) in [5.41, 5.74) is 2.44. The van der Waals surface area contributed by atoms with E-state index in [0.29, 0.717) is 11.3 Å². The SMILES string of the molecule is Cc1ccc(NC(=O)/C=C/c2cccc(F)c2)c(Br)c1. The van der Waals surface area contributed by atoms with Crippen LogP contribution in [0.1, 0.15) is 11.1 Å². The van der Waals surface area contributed by atoms with Crippen molar-refractivity contribution in [2.75, 3.05) is 5.32 Å². The van der Waals surface area contributed by atoms with Crippen molar-refractivity contribution in [2.24, 2.45) is 0 Å². The van der Waals surface area contributed by atoms with Crippen LogP contribution in [0.2, 0.25) is 0 Å². The van der Waals surface area contributed by atoms with E-state index in [2.05, 4.69) is 21.2 Å². The number of hydrogen-bond acceptors (Lipinski definition) is 1. The van der Waals surface area contributed by atoms with Gasteiger partial charge in [0.2, 0.25) is 5.91 Å². The predicted octanol–water partition coefficient (Wildman–Crippen LogP) is 4.55. The minimum Gasteiger partial charge on any atom is -0.321 e. The first-order chi connectivity index (χ1) is 9.54. The number of anilines is 1. The van der Waals surface area contributed by atoms with Gasteiger partial charge in [-0.15, -0.1) is 0 Å². The Morgan fingerprint density at radius 3 is 2.75 bits per heavy atom. The van der Waals surface area contributed by atoms with E-state index in [1.807, 2.05) is 25.1 Å². The van der Waals surface area contributed by atoms with E-state index in [9.17, 15) is 9.18 Å². The third-order valence-corrected chi connectivity index (χ3v) is 3.31. The number of carbonyl (C=O) groups is 1. The van der Waals surface area contributed by atoms with Crippen molar-refractivity contribution in [1.29, 1.82) is 0 Å². The number of aryl methyl sites for hydroxylation is 1. The number of carbonyl (C=O) groups excluding carboxylic acids is 1. The number of rotatable bonds is 3. The smallest absolute Gasteiger partial charge is 0.248 e. The highest BCUT2D eigenvalue weighted by Gasteiger charge is 2.02. The van der Waals surface area contributed by atoms with E-state index in [1.165, 1.54) is 18.2 Å². The summed E-state index contributed by atoms with van der Waals surface area (Å²) < 4.78 is 13.8. The van der Waals surface area contributed by atoms with Gasteiger partial charge in [0.25, 0.3) is 0 Å². The maximum Gasteiger partial charge on any atom is 0.248 e. The van der Waals surface area contributed by atoms with Crippen LogP contribution in [0.3, 0.4) is 0 Å². The fourth-order valence-corrected chi connectivity index (χ4v) is 2.27.